The van der Waals surface area contributed by atoms with Crippen molar-refractivity contribution in [3.05, 3.63) is 45.1 Å². The molecule has 0 unspecified atom stereocenters. The van der Waals surface area contributed by atoms with E-state index in [0.29, 0.717) is 16.7 Å². The lowest BCUT2D eigenvalue weighted by Gasteiger charge is -2.08. The van der Waals surface area contributed by atoms with Crippen LogP contribution in [0.15, 0.2) is 28.7 Å². The molecule has 0 aliphatic rings. The van der Waals surface area contributed by atoms with Gasteiger partial charge in [0, 0.05) is 5.69 Å². The molecule has 1 heterocycles. The number of hydrogen-bond acceptors (Lipinski definition) is 4. The average molecular weight is 324 g/mol. The number of rotatable bonds is 2. The number of benzene rings is 1. The van der Waals surface area contributed by atoms with Gasteiger partial charge in [0.1, 0.15) is 11.8 Å². The van der Waals surface area contributed by atoms with E-state index in [1.165, 1.54) is 0 Å². The van der Waals surface area contributed by atoms with Crippen LogP contribution in [0.3, 0.4) is 0 Å². The van der Waals surface area contributed by atoms with Crippen molar-refractivity contribution in [3.63, 3.8) is 0 Å². The highest BCUT2D eigenvalue weighted by Crippen LogP contribution is 2.31. The maximum Gasteiger partial charge on any atom is 0.228 e. The van der Waals surface area contributed by atoms with Crippen LogP contribution in [-0.4, -0.2) is 9.97 Å². The van der Waals surface area contributed by atoms with Crippen molar-refractivity contribution in [2.24, 2.45) is 0 Å². The highest BCUT2D eigenvalue weighted by atomic mass is 79.9. The van der Waals surface area contributed by atoms with Gasteiger partial charge in [-0.1, -0.05) is 17.7 Å². The summed E-state index contributed by atoms with van der Waals surface area (Å²) in [6.45, 7) is 1.81. The monoisotopic (exact) mass is 322 g/mol. The van der Waals surface area contributed by atoms with E-state index in [1.807, 2.05) is 18.2 Å². The zero-order valence-electron chi connectivity index (χ0n) is 9.41. The molecular formula is C12H8BrClN4. The van der Waals surface area contributed by atoms with E-state index >= 15 is 0 Å². The summed E-state index contributed by atoms with van der Waals surface area (Å²) in [5.74, 6) is 0.370. The molecule has 0 saturated heterocycles. The summed E-state index contributed by atoms with van der Waals surface area (Å²) in [4.78, 5) is 8.28. The van der Waals surface area contributed by atoms with Crippen LogP contribution >= 0.6 is 27.5 Å². The maximum atomic E-state index is 8.85. The lowest BCUT2D eigenvalue weighted by Crippen LogP contribution is -2.00. The van der Waals surface area contributed by atoms with Gasteiger partial charge in [-0.2, -0.15) is 5.26 Å². The van der Waals surface area contributed by atoms with Crippen LogP contribution in [0.4, 0.5) is 11.6 Å². The molecule has 0 radical (unpaired) electrons. The lowest BCUT2D eigenvalue weighted by atomic mass is 10.3. The molecule has 90 valence electrons. The molecule has 0 bridgehead atoms. The molecule has 1 aromatic heterocycles. The van der Waals surface area contributed by atoms with E-state index in [2.05, 4.69) is 31.2 Å². The Kier molecular flexibility index (Phi) is 3.80. The molecular weight excluding hydrogens is 316 g/mol. The molecule has 0 spiro atoms. The van der Waals surface area contributed by atoms with Crippen LogP contribution in [-0.2, 0) is 0 Å². The first-order valence-corrected chi connectivity index (χ1v) is 6.24. The zero-order valence-corrected chi connectivity index (χ0v) is 11.7. The molecule has 18 heavy (non-hydrogen) atoms. The van der Waals surface area contributed by atoms with Crippen LogP contribution in [0, 0.1) is 18.3 Å². The third-order valence-corrected chi connectivity index (χ3v) is 3.56. The van der Waals surface area contributed by atoms with Crippen molar-refractivity contribution in [2.75, 3.05) is 5.32 Å². The van der Waals surface area contributed by atoms with Gasteiger partial charge >= 0.3 is 0 Å². The number of aromatic nitrogens is 2. The summed E-state index contributed by atoms with van der Waals surface area (Å²) >= 11 is 9.37. The van der Waals surface area contributed by atoms with Gasteiger partial charge in [0.2, 0.25) is 5.95 Å². The van der Waals surface area contributed by atoms with E-state index in [1.54, 1.807) is 19.1 Å². The van der Waals surface area contributed by atoms with Crippen molar-refractivity contribution in [1.82, 2.24) is 9.97 Å². The minimum atomic E-state index is 0.322. The van der Waals surface area contributed by atoms with E-state index in [9.17, 15) is 0 Å². The molecule has 4 nitrogen and oxygen atoms in total. The molecule has 0 saturated carbocycles. The molecule has 1 aromatic carbocycles. The number of anilines is 2. The lowest BCUT2D eigenvalue weighted by molar-refractivity contribution is 1.09. The van der Waals surface area contributed by atoms with Crippen molar-refractivity contribution in [1.29, 1.82) is 5.26 Å². The number of hydrogen-bond donors (Lipinski definition) is 1. The maximum absolute atomic E-state index is 8.85. The number of aryl methyl sites for hydroxylation is 1. The fourth-order valence-electron chi connectivity index (χ4n) is 1.40. The Morgan fingerprint density at radius 2 is 2.17 bits per heavy atom. The standard InChI is InChI=1S/C12H8BrClN4/c1-7-5-8(6-15)17-12(16-7)18-10-4-2-3-9(14)11(10)13/h2-5H,1H3,(H,16,17,18). The Labute approximate surface area is 118 Å². The molecule has 0 aliphatic heterocycles. The Morgan fingerprint density at radius 1 is 1.39 bits per heavy atom. The number of nitrogens with zero attached hydrogens (tertiary/aromatic N) is 3. The summed E-state index contributed by atoms with van der Waals surface area (Å²) in [6.07, 6.45) is 0. The highest BCUT2D eigenvalue weighted by Gasteiger charge is 2.07. The predicted octanol–water partition coefficient (Wildman–Crippen LogP) is 3.82. The van der Waals surface area contributed by atoms with Crippen LogP contribution in [0.5, 0.6) is 0 Å². The van der Waals surface area contributed by atoms with E-state index in [0.717, 1.165) is 15.9 Å². The highest BCUT2D eigenvalue weighted by molar-refractivity contribution is 9.10. The average Bonchev–Trinajstić information content (AvgIpc) is 2.34. The minimum Gasteiger partial charge on any atom is -0.323 e. The first-order chi connectivity index (χ1) is 8.60. The third-order valence-electron chi connectivity index (χ3n) is 2.17. The van der Waals surface area contributed by atoms with Crippen molar-refractivity contribution >= 4 is 39.2 Å². The molecule has 2 aromatic rings. The summed E-state index contributed by atoms with van der Waals surface area (Å²) in [6, 6.07) is 9.04. The summed E-state index contributed by atoms with van der Waals surface area (Å²) in [5.41, 5.74) is 1.79. The SMILES string of the molecule is Cc1cc(C#N)nc(Nc2cccc(Cl)c2Br)n1. The van der Waals surface area contributed by atoms with Gasteiger partial charge in [-0.05, 0) is 41.1 Å². The summed E-state index contributed by atoms with van der Waals surface area (Å²) < 4.78 is 0.732. The second kappa shape index (κ2) is 5.34. The summed E-state index contributed by atoms with van der Waals surface area (Å²) in [7, 11) is 0. The first kappa shape index (κ1) is 12.8. The number of nitriles is 1. The molecule has 0 fully saturated rings. The first-order valence-electron chi connectivity index (χ1n) is 5.07. The summed E-state index contributed by atoms with van der Waals surface area (Å²) in [5, 5.41) is 12.5. The van der Waals surface area contributed by atoms with Crippen LogP contribution in [0.2, 0.25) is 5.02 Å². The molecule has 2 rings (SSSR count). The minimum absolute atomic E-state index is 0.322. The molecule has 0 atom stereocenters. The van der Waals surface area contributed by atoms with Crippen LogP contribution in [0.25, 0.3) is 0 Å². The van der Waals surface area contributed by atoms with Gasteiger partial charge in [0.05, 0.1) is 15.2 Å². The third kappa shape index (κ3) is 2.78. The van der Waals surface area contributed by atoms with Gasteiger partial charge in [-0.15, -0.1) is 0 Å². The van der Waals surface area contributed by atoms with E-state index < -0.39 is 0 Å². The fourth-order valence-corrected chi connectivity index (χ4v) is 1.94. The molecule has 6 heteroatoms. The topological polar surface area (TPSA) is 61.6 Å². The van der Waals surface area contributed by atoms with Gasteiger partial charge < -0.3 is 5.32 Å². The van der Waals surface area contributed by atoms with Crippen molar-refractivity contribution < 1.29 is 0 Å². The second-order valence-corrected chi connectivity index (χ2v) is 4.76. The van der Waals surface area contributed by atoms with Gasteiger partial charge in [0.15, 0.2) is 0 Å². The van der Waals surface area contributed by atoms with Crippen LogP contribution < -0.4 is 5.32 Å². The zero-order chi connectivity index (χ0) is 13.1. The molecule has 0 aliphatic carbocycles. The quantitative estimate of drug-likeness (QED) is 0.912. The smallest absolute Gasteiger partial charge is 0.228 e. The Balaban J connectivity index is 2.37. The molecule has 0 amide bonds. The Morgan fingerprint density at radius 3 is 2.89 bits per heavy atom. The second-order valence-electron chi connectivity index (χ2n) is 3.56. The Bertz CT molecular complexity index is 636. The van der Waals surface area contributed by atoms with Gasteiger partial charge in [-0.3, -0.25) is 0 Å². The molecule has 1 N–H and O–H groups in total. The Hall–Kier alpha value is -1.64. The predicted molar refractivity (Wildman–Crippen MR) is 73.9 cm³/mol. The van der Waals surface area contributed by atoms with Gasteiger partial charge in [0.25, 0.3) is 0 Å². The number of nitrogens with one attached hydrogen (secondary N) is 1. The van der Waals surface area contributed by atoms with E-state index in [-0.39, 0.29) is 0 Å². The van der Waals surface area contributed by atoms with E-state index in [4.69, 9.17) is 16.9 Å². The fraction of sp³-hybridized carbons (Fsp3) is 0.0833. The largest absolute Gasteiger partial charge is 0.323 e. The van der Waals surface area contributed by atoms with Crippen molar-refractivity contribution in [2.45, 2.75) is 6.92 Å². The van der Waals surface area contributed by atoms with Crippen molar-refractivity contribution in [3.8, 4) is 6.07 Å². The van der Waals surface area contributed by atoms with Crippen LogP contribution in [0.1, 0.15) is 11.4 Å². The normalized spacial score (nSPS) is 9.89. The number of halogens is 2. The van der Waals surface area contributed by atoms with Gasteiger partial charge in [-0.25, -0.2) is 9.97 Å².